The number of hydrogen-bond donors (Lipinski definition) is 0. The summed E-state index contributed by atoms with van der Waals surface area (Å²) in [5, 5.41) is 0. The first-order valence-electron chi connectivity index (χ1n) is 9.53. The van der Waals surface area contributed by atoms with Crippen LogP contribution >= 0.6 is 0 Å². The van der Waals surface area contributed by atoms with Crippen LogP contribution in [-0.4, -0.2) is 49.5 Å². The summed E-state index contributed by atoms with van der Waals surface area (Å²) in [5.41, 5.74) is 1.84. The Labute approximate surface area is 152 Å². The predicted molar refractivity (Wildman–Crippen MR) is 101 cm³/mol. The minimum atomic E-state index is -0.302. The standard InChI is InChI=1S/C20H31BFNO2/c1-19(2)20(3,4)25-21(24-19)18-8-6-16(7-9-18)14-17-10-13-23(15-17)12-5-11-22/h6-9,17H,5,10-15H2,1-4H3. The highest BCUT2D eigenvalue weighted by Gasteiger charge is 2.51. The summed E-state index contributed by atoms with van der Waals surface area (Å²) < 4.78 is 24.5. The Balaban J connectivity index is 1.55. The molecule has 3 nitrogen and oxygen atoms in total. The van der Waals surface area contributed by atoms with Crippen LogP contribution < -0.4 is 5.46 Å². The maximum atomic E-state index is 12.3. The van der Waals surface area contributed by atoms with Gasteiger partial charge in [-0.15, -0.1) is 0 Å². The van der Waals surface area contributed by atoms with Crippen molar-refractivity contribution >= 4 is 12.6 Å². The van der Waals surface area contributed by atoms with Gasteiger partial charge in [0.05, 0.1) is 17.9 Å². The predicted octanol–water partition coefficient (Wildman–Crippen LogP) is 3.21. The normalized spacial score (nSPS) is 25.6. The van der Waals surface area contributed by atoms with Gasteiger partial charge < -0.3 is 14.2 Å². The molecule has 2 saturated heterocycles. The lowest BCUT2D eigenvalue weighted by atomic mass is 9.78. The van der Waals surface area contributed by atoms with Crippen molar-refractivity contribution < 1.29 is 13.7 Å². The van der Waals surface area contributed by atoms with E-state index in [2.05, 4.69) is 56.9 Å². The third kappa shape index (κ3) is 4.26. The molecule has 0 aromatic heterocycles. The van der Waals surface area contributed by atoms with Crippen molar-refractivity contribution in [2.45, 2.75) is 58.2 Å². The Kier molecular flexibility index (Phi) is 5.57. The van der Waals surface area contributed by atoms with Gasteiger partial charge in [-0.3, -0.25) is 4.39 Å². The van der Waals surface area contributed by atoms with Crippen LogP contribution in [0.5, 0.6) is 0 Å². The zero-order valence-electron chi connectivity index (χ0n) is 16.1. The van der Waals surface area contributed by atoms with Gasteiger partial charge >= 0.3 is 7.12 Å². The molecule has 2 heterocycles. The molecule has 0 amide bonds. The van der Waals surface area contributed by atoms with Crippen molar-refractivity contribution in [1.29, 1.82) is 0 Å². The van der Waals surface area contributed by atoms with E-state index >= 15 is 0 Å². The Morgan fingerprint density at radius 2 is 1.76 bits per heavy atom. The zero-order chi connectivity index (χ0) is 18.1. The van der Waals surface area contributed by atoms with Crippen LogP contribution in [0.2, 0.25) is 0 Å². The summed E-state index contributed by atoms with van der Waals surface area (Å²) >= 11 is 0. The van der Waals surface area contributed by atoms with Crippen LogP contribution in [0.25, 0.3) is 0 Å². The molecule has 0 spiro atoms. The van der Waals surface area contributed by atoms with E-state index in [0.717, 1.165) is 31.5 Å². The molecule has 1 atom stereocenters. The fourth-order valence-electron chi connectivity index (χ4n) is 3.69. The number of alkyl halides is 1. The molecule has 3 rings (SSSR count). The van der Waals surface area contributed by atoms with Crippen LogP contribution in [0.1, 0.15) is 46.1 Å². The van der Waals surface area contributed by atoms with Crippen LogP contribution in [0.3, 0.4) is 0 Å². The second-order valence-electron chi connectivity index (χ2n) is 8.53. The highest BCUT2D eigenvalue weighted by Crippen LogP contribution is 2.36. The molecule has 0 bridgehead atoms. The fourth-order valence-corrected chi connectivity index (χ4v) is 3.69. The van der Waals surface area contributed by atoms with E-state index in [4.69, 9.17) is 9.31 Å². The number of hydrogen-bond acceptors (Lipinski definition) is 3. The van der Waals surface area contributed by atoms with Crippen molar-refractivity contribution in [2.75, 3.05) is 26.3 Å². The molecule has 0 N–H and O–H groups in total. The van der Waals surface area contributed by atoms with Crippen molar-refractivity contribution in [3.8, 4) is 0 Å². The lowest BCUT2D eigenvalue weighted by Crippen LogP contribution is -2.41. The molecule has 0 aliphatic carbocycles. The Hall–Kier alpha value is -0.905. The van der Waals surface area contributed by atoms with E-state index in [1.807, 2.05) is 0 Å². The maximum absolute atomic E-state index is 12.3. The molecule has 25 heavy (non-hydrogen) atoms. The Morgan fingerprint density at radius 3 is 2.36 bits per heavy atom. The topological polar surface area (TPSA) is 21.7 Å². The summed E-state index contributed by atoms with van der Waals surface area (Å²) in [6, 6.07) is 8.66. The van der Waals surface area contributed by atoms with E-state index < -0.39 is 0 Å². The molecule has 1 unspecified atom stereocenters. The number of rotatable bonds is 6. The first kappa shape index (κ1) is 18.9. The number of halogens is 1. The van der Waals surface area contributed by atoms with Crippen molar-refractivity contribution in [3.63, 3.8) is 0 Å². The summed E-state index contributed by atoms with van der Waals surface area (Å²) in [7, 11) is -0.290. The van der Waals surface area contributed by atoms with E-state index in [0.29, 0.717) is 12.3 Å². The highest BCUT2D eigenvalue weighted by molar-refractivity contribution is 6.62. The molecule has 2 aliphatic heterocycles. The van der Waals surface area contributed by atoms with Gasteiger partial charge in [0, 0.05) is 13.1 Å². The molecule has 5 heteroatoms. The van der Waals surface area contributed by atoms with Crippen LogP contribution in [0.4, 0.5) is 4.39 Å². The van der Waals surface area contributed by atoms with E-state index in [9.17, 15) is 4.39 Å². The second-order valence-corrected chi connectivity index (χ2v) is 8.53. The first-order chi connectivity index (χ1) is 11.8. The van der Waals surface area contributed by atoms with Crippen molar-refractivity contribution in [3.05, 3.63) is 29.8 Å². The van der Waals surface area contributed by atoms with Crippen LogP contribution in [0, 0.1) is 5.92 Å². The average Bonchev–Trinajstić information content (AvgIpc) is 3.08. The van der Waals surface area contributed by atoms with E-state index in [-0.39, 0.29) is 25.0 Å². The van der Waals surface area contributed by atoms with Crippen molar-refractivity contribution in [2.24, 2.45) is 5.92 Å². The molecule has 138 valence electrons. The van der Waals surface area contributed by atoms with Gasteiger partial charge in [0.1, 0.15) is 0 Å². The van der Waals surface area contributed by atoms with Gasteiger partial charge in [-0.05, 0) is 70.4 Å². The van der Waals surface area contributed by atoms with Gasteiger partial charge in [-0.25, -0.2) is 0 Å². The van der Waals surface area contributed by atoms with Crippen LogP contribution in [-0.2, 0) is 15.7 Å². The van der Waals surface area contributed by atoms with Gasteiger partial charge in [0.25, 0.3) is 0 Å². The quantitative estimate of drug-likeness (QED) is 0.738. The van der Waals surface area contributed by atoms with E-state index in [1.54, 1.807) is 0 Å². The largest absolute Gasteiger partial charge is 0.494 e. The molecule has 2 fully saturated rings. The number of likely N-dealkylation sites (tertiary alicyclic amines) is 1. The second kappa shape index (κ2) is 7.38. The average molecular weight is 347 g/mol. The number of nitrogens with zero attached hydrogens (tertiary/aromatic N) is 1. The number of benzene rings is 1. The molecular weight excluding hydrogens is 316 g/mol. The first-order valence-corrected chi connectivity index (χ1v) is 9.53. The minimum absolute atomic E-state index is 0.207. The summed E-state index contributed by atoms with van der Waals surface area (Å²) in [5.74, 6) is 0.683. The lowest BCUT2D eigenvalue weighted by molar-refractivity contribution is 0.00578. The monoisotopic (exact) mass is 347 g/mol. The van der Waals surface area contributed by atoms with Gasteiger partial charge in [0.2, 0.25) is 0 Å². The third-order valence-corrected chi connectivity index (χ3v) is 6.01. The molecule has 0 saturated carbocycles. The summed E-state index contributed by atoms with van der Waals surface area (Å²) in [6.45, 7) is 11.2. The molecular formula is C20H31BFNO2. The van der Waals surface area contributed by atoms with Crippen molar-refractivity contribution in [1.82, 2.24) is 4.90 Å². The minimum Gasteiger partial charge on any atom is -0.399 e. The summed E-state index contributed by atoms with van der Waals surface area (Å²) in [4.78, 5) is 2.39. The molecule has 1 aromatic carbocycles. The Bertz CT molecular complexity index is 560. The highest BCUT2D eigenvalue weighted by atomic mass is 19.1. The Morgan fingerprint density at radius 1 is 1.12 bits per heavy atom. The zero-order valence-corrected chi connectivity index (χ0v) is 16.1. The van der Waals surface area contributed by atoms with E-state index in [1.165, 1.54) is 12.0 Å². The van der Waals surface area contributed by atoms with Gasteiger partial charge in [-0.2, -0.15) is 0 Å². The SMILES string of the molecule is CC1(C)OB(c2ccc(CC3CCN(CCCF)C3)cc2)OC1(C)C. The maximum Gasteiger partial charge on any atom is 0.494 e. The molecule has 0 radical (unpaired) electrons. The summed E-state index contributed by atoms with van der Waals surface area (Å²) in [6.07, 6.45) is 2.97. The lowest BCUT2D eigenvalue weighted by Gasteiger charge is -2.32. The van der Waals surface area contributed by atoms with Gasteiger partial charge in [-0.1, -0.05) is 24.3 Å². The smallest absolute Gasteiger partial charge is 0.399 e. The van der Waals surface area contributed by atoms with Gasteiger partial charge in [0.15, 0.2) is 0 Å². The molecule has 2 aliphatic rings. The third-order valence-electron chi connectivity index (χ3n) is 6.01. The molecule has 1 aromatic rings. The van der Waals surface area contributed by atoms with Crippen LogP contribution in [0.15, 0.2) is 24.3 Å². The fraction of sp³-hybridized carbons (Fsp3) is 0.700.